The molecule has 1 amide bonds. The van der Waals surface area contributed by atoms with Crippen molar-refractivity contribution < 1.29 is 23.0 Å². The Morgan fingerprint density at radius 1 is 1.17 bits per heavy atom. The molecule has 0 saturated heterocycles. The summed E-state index contributed by atoms with van der Waals surface area (Å²) in [4.78, 5) is 27.7. The fraction of sp³-hybridized carbons (Fsp3) is 0.211. The predicted octanol–water partition coefficient (Wildman–Crippen LogP) is 2.62. The molecule has 0 unspecified atom stereocenters. The standard InChI is InChI=1S/C19H17F2N5O3/c1-2-28-18-16(12-5-6-23-15(8-12)29-19(20)21)26-13(10-25-18)7-11-3-4-14(17(22)27)24-9-11/h3-6,8-10,19H,2,7H2,1H3,(H2,22,27). The molecule has 0 atom stereocenters. The van der Waals surface area contributed by atoms with E-state index in [1.165, 1.54) is 24.5 Å². The van der Waals surface area contributed by atoms with E-state index in [9.17, 15) is 13.6 Å². The monoisotopic (exact) mass is 401 g/mol. The van der Waals surface area contributed by atoms with Gasteiger partial charge in [0, 0.05) is 30.4 Å². The Hall–Kier alpha value is -3.69. The summed E-state index contributed by atoms with van der Waals surface area (Å²) < 4.78 is 34.8. The van der Waals surface area contributed by atoms with Crippen molar-refractivity contribution in [3.05, 3.63) is 59.8 Å². The van der Waals surface area contributed by atoms with Crippen LogP contribution in [0.2, 0.25) is 0 Å². The van der Waals surface area contributed by atoms with Crippen LogP contribution in [0.5, 0.6) is 11.8 Å². The summed E-state index contributed by atoms with van der Waals surface area (Å²) in [5.74, 6) is -0.592. The second kappa shape index (κ2) is 9.00. The van der Waals surface area contributed by atoms with Gasteiger partial charge in [0.1, 0.15) is 11.4 Å². The average Bonchev–Trinajstić information content (AvgIpc) is 2.69. The van der Waals surface area contributed by atoms with E-state index in [4.69, 9.17) is 10.5 Å². The largest absolute Gasteiger partial charge is 0.476 e. The van der Waals surface area contributed by atoms with Crippen LogP contribution < -0.4 is 15.2 Å². The van der Waals surface area contributed by atoms with E-state index in [1.807, 2.05) is 0 Å². The van der Waals surface area contributed by atoms with Gasteiger partial charge in [-0.05, 0) is 24.6 Å². The quantitative estimate of drug-likeness (QED) is 0.617. The van der Waals surface area contributed by atoms with Gasteiger partial charge in [0.05, 0.1) is 18.5 Å². The van der Waals surface area contributed by atoms with Crippen molar-refractivity contribution in [2.75, 3.05) is 6.61 Å². The molecule has 8 nitrogen and oxygen atoms in total. The van der Waals surface area contributed by atoms with E-state index >= 15 is 0 Å². The normalized spacial score (nSPS) is 10.8. The van der Waals surface area contributed by atoms with Crippen LogP contribution in [0.15, 0.2) is 42.9 Å². The van der Waals surface area contributed by atoms with Gasteiger partial charge in [-0.15, -0.1) is 0 Å². The summed E-state index contributed by atoms with van der Waals surface area (Å²) >= 11 is 0. The maximum atomic E-state index is 12.5. The molecule has 0 bridgehead atoms. The van der Waals surface area contributed by atoms with Crippen LogP contribution in [0.3, 0.4) is 0 Å². The highest BCUT2D eigenvalue weighted by molar-refractivity contribution is 5.90. The highest BCUT2D eigenvalue weighted by Gasteiger charge is 2.15. The maximum absolute atomic E-state index is 12.5. The van der Waals surface area contributed by atoms with Crippen molar-refractivity contribution in [1.29, 1.82) is 0 Å². The SMILES string of the molecule is CCOc1ncc(Cc2ccc(C(N)=O)nc2)nc1-c1ccnc(OC(F)F)c1. The molecule has 29 heavy (non-hydrogen) atoms. The molecule has 0 aliphatic rings. The molecule has 150 valence electrons. The molecule has 0 saturated carbocycles. The molecule has 0 aliphatic heterocycles. The van der Waals surface area contributed by atoms with Gasteiger partial charge in [0.25, 0.3) is 5.91 Å². The summed E-state index contributed by atoms with van der Waals surface area (Å²) in [6, 6.07) is 6.17. The lowest BCUT2D eigenvalue weighted by molar-refractivity contribution is -0.0528. The topological polar surface area (TPSA) is 113 Å². The van der Waals surface area contributed by atoms with Crippen molar-refractivity contribution in [1.82, 2.24) is 19.9 Å². The summed E-state index contributed by atoms with van der Waals surface area (Å²) in [6.07, 6.45) is 4.79. The number of nitrogens with zero attached hydrogens (tertiary/aromatic N) is 4. The van der Waals surface area contributed by atoms with Gasteiger partial charge in [-0.1, -0.05) is 6.07 Å². The van der Waals surface area contributed by atoms with E-state index < -0.39 is 12.5 Å². The fourth-order valence-electron chi connectivity index (χ4n) is 2.53. The summed E-state index contributed by atoms with van der Waals surface area (Å²) in [7, 11) is 0. The molecule has 3 rings (SSSR count). The number of aromatic nitrogens is 4. The molecule has 3 aromatic rings. The van der Waals surface area contributed by atoms with Crippen LogP contribution in [0.1, 0.15) is 28.7 Å². The first-order valence-corrected chi connectivity index (χ1v) is 8.61. The number of hydrogen-bond acceptors (Lipinski definition) is 7. The van der Waals surface area contributed by atoms with Crippen molar-refractivity contribution in [2.24, 2.45) is 5.73 Å². The van der Waals surface area contributed by atoms with Crippen molar-refractivity contribution in [2.45, 2.75) is 20.0 Å². The second-order valence-electron chi connectivity index (χ2n) is 5.80. The van der Waals surface area contributed by atoms with Gasteiger partial charge >= 0.3 is 6.61 Å². The molecular weight excluding hydrogens is 384 g/mol. The third-order valence-electron chi connectivity index (χ3n) is 3.75. The number of primary amides is 1. The van der Waals surface area contributed by atoms with Crippen LogP contribution in [0, 0.1) is 0 Å². The van der Waals surface area contributed by atoms with E-state index in [0.29, 0.717) is 30.0 Å². The Kier molecular flexibility index (Phi) is 6.22. The fourth-order valence-corrected chi connectivity index (χ4v) is 2.53. The average molecular weight is 401 g/mol. The maximum Gasteiger partial charge on any atom is 0.388 e. The lowest BCUT2D eigenvalue weighted by atomic mass is 10.1. The van der Waals surface area contributed by atoms with Crippen molar-refractivity contribution >= 4 is 5.91 Å². The minimum absolute atomic E-state index is 0.163. The molecule has 0 fully saturated rings. The van der Waals surface area contributed by atoms with Crippen LogP contribution in [-0.2, 0) is 6.42 Å². The summed E-state index contributed by atoms with van der Waals surface area (Å²) in [5.41, 5.74) is 7.56. The first-order valence-electron chi connectivity index (χ1n) is 8.61. The molecule has 3 heterocycles. The summed E-state index contributed by atoms with van der Waals surface area (Å²) in [6.45, 7) is -0.841. The molecule has 2 N–H and O–H groups in total. The zero-order valence-corrected chi connectivity index (χ0v) is 15.4. The third kappa shape index (κ3) is 5.18. The van der Waals surface area contributed by atoms with E-state index in [-0.39, 0.29) is 17.5 Å². The number of halogens is 2. The van der Waals surface area contributed by atoms with Gasteiger partial charge in [0.15, 0.2) is 0 Å². The number of hydrogen-bond donors (Lipinski definition) is 1. The Bertz CT molecular complexity index is 999. The number of nitrogens with two attached hydrogens (primary N) is 1. The van der Waals surface area contributed by atoms with Gasteiger partial charge in [-0.2, -0.15) is 8.78 Å². The minimum Gasteiger partial charge on any atom is -0.476 e. The molecule has 10 heteroatoms. The highest BCUT2D eigenvalue weighted by Crippen LogP contribution is 2.29. The van der Waals surface area contributed by atoms with Crippen LogP contribution in [0.25, 0.3) is 11.3 Å². The van der Waals surface area contributed by atoms with E-state index in [1.54, 1.807) is 25.3 Å². The number of ether oxygens (including phenoxy) is 2. The van der Waals surface area contributed by atoms with Crippen LogP contribution in [-0.4, -0.2) is 39.1 Å². The molecule has 0 aromatic carbocycles. The number of alkyl halides is 2. The Morgan fingerprint density at radius 2 is 2.00 bits per heavy atom. The van der Waals surface area contributed by atoms with Crippen molar-refractivity contribution in [3.8, 4) is 23.0 Å². The van der Waals surface area contributed by atoms with Gasteiger partial charge in [-0.3, -0.25) is 9.78 Å². The Morgan fingerprint density at radius 3 is 2.66 bits per heavy atom. The third-order valence-corrected chi connectivity index (χ3v) is 3.75. The Balaban J connectivity index is 1.92. The van der Waals surface area contributed by atoms with E-state index in [2.05, 4.69) is 24.7 Å². The predicted molar refractivity (Wildman–Crippen MR) is 98.6 cm³/mol. The van der Waals surface area contributed by atoms with Crippen molar-refractivity contribution in [3.63, 3.8) is 0 Å². The first-order chi connectivity index (χ1) is 14.0. The molecule has 0 spiro atoms. The molecule has 3 aromatic heterocycles. The molecular formula is C19H17F2N5O3. The number of pyridine rings is 2. The number of rotatable bonds is 8. The van der Waals surface area contributed by atoms with Crippen LogP contribution in [0.4, 0.5) is 8.78 Å². The highest BCUT2D eigenvalue weighted by atomic mass is 19.3. The minimum atomic E-state index is -2.99. The smallest absolute Gasteiger partial charge is 0.388 e. The molecule has 0 radical (unpaired) electrons. The summed E-state index contributed by atoms with van der Waals surface area (Å²) in [5, 5.41) is 0. The van der Waals surface area contributed by atoms with Gasteiger partial charge < -0.3 is 15.2 Å². The number of carbonyl (C=O) groups excluding carboxylic acids is 1. The zero-order chi connectivity index (χ0) is 20.8. The number of carbonyl (C=O) groups is 1. The van der Waals surface area contributed by atoms with E-state index in [0.717, 1.165) is 5.56 Å². The van der Waals surface area contributed by atoms with Crippen LogP contribution >= 0.6 is 0 Å². The van der Waals surface area contributed by atoms with Gasteiger partial charge in [0.2, 0.25) is 11.8 Å². The number of amides is 1. The Labute approximate surface area is 164 Å². The second-order valence-corrected chi connectivity index (χ2v) is 5.80. The first kappa shape index (κ1) is 20.1. The lowest BCUT2D eigenvalue weighted by Gasteiger charge is -2.11. The lowest BCUT2D eigenvalue weighted by Crippen LogP contribution is -2.12. The van der Waals surface area contributed by atoms with Gasteiger partial charge in [-0.25, -0.2) is 15.0 Å². The zero-order valence-electron chi connectivity index (χ0n) is 15.4. The molecule has 0 aliphatic carbocycles.